The van der Waals surface area contributed by atoms with Crippen LogP contribution in [-0.4, -0.2) is 37.6 Å². The zero-order valence-electron chi connectivity index (χ0n) is 12.6. The third kappa shape index (κ3) is 2.76. The van der Waals surface area contributed by atoms with Crippen molar-refractivity contribution in [3.05, 3.63) is 44.2 Å². The third-order valence-electron chi connectivity index (χ3n) is 3.51. The monoisotopic (exact) mass is 335 g/mol. The quantitative estimate of drug-likeness (QED) is 0.538. The predicted molar refractivity (Wildman–Crippen MR) is 82.1 cm³/mol. The summed E-state index contributed by atoms with van der Waals surface area (Å²) in [5.74, 6) is -3.03. The minimum absolute atomic E-state index is 0.0517. The van der Waals surface area contributed by atoms with Gasteiger partial charge in [0.15, 0.2) is 0 Å². The number of carbonyl (C=O) groups is 2. The van der Waals surface area contributed by atoms with Crippen LogP contribution in [0.15, 0.2) is 23.0 Å². The van der Waals surface area contributed by atoms with Gasteiger partial charge in [-0.1, -0.05) is 0 Å². The van der Waals surface area contributed by atoms with Crippen LogP contribution in [0.4, 0.5) is 5.69 Å². The Labute approximate surface area is 134 Å². The number of aliphatic carboxylic acids is 1. The van der Waals surface area contributed by atoms with Crippen LogP contribution in [0.25, 0.3) is 10.9 Å². The van der Waals surface area contributed by atoms with Crippen LogP contribution >= 0.6 is 0 Å². The highest BCUT2D eigenvalue weighted by Crippen LogP contribution is 2.28. The van der Waals surface area contributed by atoms with E-state index < -0.39 is 39.7 Å². The number of nitro benzene ring substituents is 1. The number of carboxylic acids is 1. The number of aromatic hydroxyl groups is 1. The lowest BCUT2D eigenvalue weighted by Gasteiger charge is -2.13. The van der Waals surface area contributed by atoms with Crippen molar-refractivity contribution in [2.45, 2.75) is 13.0 Å². The second kappa shape index (κ2) is 5.99. The lowest BCUT2D eigenvalue weighted by atomic mass is 10.1. The molecule has 3 N–H and O–H groups in total. The first kappa shape index (κ1) is 16.9. The fraction of sp³-hybridized carbons (Fsp3) is 0.214. The number of pyridine rings is 1. The molecule has 0 aliphatic carbocycles. The van der Waals surface area contributed by atoms with Gasteiger partial charge in [0, 0.05) is 24.6 Å². The van der Waals surface area contributed by atoms with Crippen molar-refractivity contribution in [2.75, 3.05) is 0 Å². The van der Waals surface area contributed by atoms with E-state index in [-0.39, 0.29) is 16.6 Å². The first-order valence-corrected chi connectivity index (χ1v) is 6.69. The Balaban J connectivity index is 2.67. The van der Waals surface area contributed by atoms with Crippen molar-refractivity contribution in [2.24, 2.45) is 7.05 Å². The molecule has 0 aliphatic heterocycles. The number of nitro groups is 1. The molecule has 0 aliphatic rings. The van der Waals surface area contributed by atoms with E-state index in [0.717, 1.165) is 16.7 Å². The number of hydrogen-bond acceptors (Lipinski definition) is 6. The summed E-state index contributed by atoms with van der Waals surface area (Å²) >= 11 is 0. The zero-order chi connectivity index (χ0) is 18.2. The minimum Gasteiger partial charge on any atom is -0.506 e. The number of fused-ring (bicyclic) bond motifs is 1. The van der Waals surface area contributed by atoms with Crippen molar-refractivity contribution in [3.63, 3.8) is 0 Å². The van der Waals surface area contributed by atoms with Gasteiger partial charge < -0.3 is 20.1 Å². The normalized spacial score (nSPS) is 11.9. The van der Waals surface area contributed by atoms with Crippen LogP contribution in [0.3, 0.4) is 0 Å². The topological polar surface area (TPSA) is 152 Å². The van der Waals surface area contributed by atoms with E-state index in [1.54, 1.807) is 0 Å². The molecule has 10 nitrogen and oxygen atoms in total. The standard InChI is InChI=1S/C14H13N3O7/c1-6(14(21)22)15-12(19)10-11(18)8-4-3-7(17(23)24)5-9(8)16(2)13(10)20/h3-6,18H,1-2H3,(H,15,19)(H,21,22)/t6-/m0/s1. The van der Waals surface area contributed by atoms with Crippen LogP contribution in [-0.2, 0) is 11.8 Å². The number of hydrogen-bond donors (Lipinski definition) is 3. The molecule has 2 aromatic rings. The molecule has 2 rings (SSSR count). The molecule has 0 saturated carbocycles. The van der Waals surface area contributed by atoms with Crippen LogP contribution in [0.2, 0.25) is 0 Å². The van der Waals surface area contributed by atoms with Gasteiger partial charge >= 0.3 is 5.97 Å². The van der Waals surface area contributed by atoms with Gasteiger partial charge in [-0.3, -0.25) is 24.5 Å². The van der Waals surface area contributed by atoms with Gasteiger partial charge in [-0.2, -0.15) is 0 Å². The second-order valence-corrected chi connectivity index (χ2v) is 5.08. The van der Waals surface area contributed by atoms with Crippen LogP contribution < -0.4 is 10.9 Å². The Kier molecular flexibility index (Phi) is 4.22. The van der Waals surface area contributed by atoms with Gasteiger partial charge in [-0.05, 0) is 13.0 Å². The molecular weight excluding hydrogens is 322 g/mol. The number of amides is 1. The van der Waals surface area contributed by atoms with Crippen molar-refractivity contribution < 1.29 is 24.7 Å². The van der Waals surface area contributed by atoms with E-state index in [9.17, 15) is 29.6 Å². The summed E-state index contributed by atoms with van der Waals surface area (Å²) in [6, 6.07) is 2.15. The summed E-state index contributed by atoms with van der Waals surface area (Å²) in [6.45, 7) is 1.20. The van der Waals surface area contributed by atoms with Crippen molar-refractivity contribution in [1.29, 1.82) is 0 Å². The first-order valence-electron chi connectivity index (χ1n) is 6.69. The molecule has 0 saturated heterocycles. The molecule has 1 amide bonds. The number of aryl methyl sites for hydroxylation is 1. The minimum atomic E-state index is -1.31. The van der Waals surface area contributed by atoms with E-state index >= 15 is 0 Å². The number of non-ortho nitro benzene ring substituents is 1. The van der Waals surface area contributed by atoms with Gasteiger partial charge in [-0.25, -0.2) is 0 Å². The maximum Gasteiger partial charge on any atom is 0.325 e. The zero-order valence-corrected chi connectivity index (χ0v) is 12.6. The van der Waals surface area contributed by atoms with Crippen LogP contribution in [0.5, 0.6) is 5.75 Å². The molecule has 1 atom stereocenters. The molecule has 0 spiro atoms. The molecule has 0 bridgehead atoms. The molecule has 0 radical (unpaired) electrons. The fourth-order valence-corrected chi connectivity index (χ4v) is 2.16. The summed E-state index contributed by atoms with van der Waals surface area (Å²) < 4.78 is 0.975. The number of carboxylic acid groups (broad SMARTS) is 1. The van der Waals surface area contributed by atoms with E-state index in [4.69, 9.17) is 5.11 Å². The van der Waals surface area contributed by atoms with Crippen molar-refractivity contribution >= 4 is 28.5 Å². The summed E-state index contributed by atoms with van der Waals surface area (Å²) in [5, 5.41) is 32.0. The number of nitrogens with one attached hydrogen (secondary N) is 1. The van der Waals surface area contributed by atoms with Gasteiger partial charge in [0.25, 0.3) is 17.2 Å². The van der Waals surface area contributed by atoms with Crippen LogP contribution in [0, 0.1) is 10.1 Å². The fourth-order valence-electron chi connectivity index (χ4n) is 2.16. The molecule has 0 fully saturated rings. The number of nitrogens with zero attached hydrogens (tertiary/aromatic N) is 2. The summed E-state index contributed by atoms with van der Waals surface area (Å²) in [7, 11) is 1.28. The first-order chi connectivity index (χ1) is 11.1. The molecule has 0 unspecified atom stereocenters. The largest absolute Gasteiger partial charge is 0.506 e. The SMILES string of the molecule is C[C@H](NC(=O)c1c(O)c2ccc([N+](=O)[O-])cc2n(C)c1=O)C(=O)O. The Hall–Kier alpha value is -3.43. The molecule has 1 aromatic heterocycles. The highest BCUT2D eigenvalue weighted by Gasteiger charge is 2.24. The lowest BCUT2D eigenvalue weighted by molar-refractivity contribution is -0.384. The lowest BCUT2D eigenvalue weighted by Crippen LogP contribution is -2.41. The Morgan fingerprint density at radius 1 is 1.38 bits per heavy atom. The number of aromatic nitrogens is 1. The smallest absolute Gasteiger partial charge is 0.325 e. The summed E-state index contributed by atoms with van der Waals surface area (Å²) in [4.78, 5) is 45.4. The summed E-state index contributed by atoms with van der Waals surface area (Å²) in [5.41, 5.74) is -1.76. The number of rotatable bonds is 4. The van der Waals surface area contributed by atoms with Crippen molar-refractivity contribution in [1.82, 2.24) is 9.88 Å². The van der Waals surface area contributed by atoms with E-state index in [0.29, 0.717) is 0 Å². The summed E-state index contributed by atoms with van der Waals surface area (Å²) in [6.07, 6.45) is 0. The third-order valence-corrected chi connectivity index (χ3v) is 3.51. The maximum absolute atomic E-state index is 12.3. The maximum atomic E-state index is 12.3. The molecule has 1 aromatic carbocycles. The van der Waals surface area contributed by atoms with E-state index in [1.165, 1.54) is 20.0 Å². The van der Waals surface area contributed by atoms with Gasteiger partial charge in [0.05, 0.1) is 10.4 Å². The van der Waals surface area contributed by atoms with Gasteiger partial charge in [0.1, 0.15) is 17.4 Å². The van der Waals surface area contributed by atoms with Gasteiger partial charge in [0.2, 0.25) is 0 Å². The average molecular weight is 335 g/mol. The molecule has 24 heavy (non-hydrogen) atoms. The highest BCUT2D eigenvalue weighted by molar-refractivity contribution is 6.03. The Morgan fingerprint density at radius 3 is 2.54 bits per heavy atom. The Bertz CT molecular complexity index is 932. The molecular formula is C14H13N3O7. The van der Waals surface area contributed by atoms with Crippen LogP contribution in [0.1, 0.15) is 17.3 Å². The second-order valence-electron chi connectivity index (χ2n) is 5.08. The van der Waals surface area contributed by atoms with E-state index in [2.05, 4.69) is 5.32 Å². The Morgan fingerprint density at radius 2 is 2.00 bits per heavy atom. The number of benzene rings is 1. The highest BCUT2D eigenvalue weighted by atomic mass is 16.6. The van der Waals surface area contributed by atoms with Crippen molar-refractivity contribution in [3.8, 4) is 5.75 Å². The average Bonchev–Trinajstić information content (AvgIpc) is 2.52. The molecule has 126 valence electrons. The number of carbonyl (C=O) groups excluding carboxylic acids is 1. The predicted octanol–water partition coefficient (Wildman–Crippen LogP) is 0.355. The van der Waals surface area contributed by atoms with Gasteiger partial charge in [-0.15, -0.1) is 0 Å². The molecule has 1 heterocycles. The van der Waals surface area contributed by atoms with E-state index in [1.807, 2.05) is 0 Å². The molecule has 10 heteroatoms.